The van der Waals surface area contributed by atoms with Gasteiger partial charge in [-0.3, -0.25) is 14.5 Å². The summed E-state index contributed by atoms with van der Waals surface area (Å²) in [6.45, 7) is 0.105. The van der Waals surface area contributed by atoms with Gasteiger partial charge in [0.25, 0.3) is 0 Å². The first kappa shape index (κ1) is 19.7. The normalized spacial score (nSPS) is 14.0. The maximum absolute atomic E-state index is 12.9. The van der Waals surface area contributed by atoms with E-state index >= 15 is 0 Å². The molecular formula is C21H16FN3O4S. The summed E-state index contributed by atoms with van der Waals surface area (Å²) in [4.78, 5) is 43.3. The molecule has 2 heterocycles. The molecule has 0 saturated carbocycles. The topological polar surface area (TPSA) is 79.8 Å². The smallest absolute Gasteiger partial charge is 0.334 e. The third kappa shape index (κ3) is 4.20. The zero-order valence-corrected chi connectivity index (χ0v) is 16.5. The molecule has 9 heteroatoms. The van der Waals surface area contributed by atoms with Crippen LogP contribution in [0.1, 0.15) is 16.3 Å². The Bertz CT molecular complexity index is 1090. The van der Waals surface area contributed by atoms with Gasteiger partial charge in [0, 0.05) is 5.38 Å². The number of hydrogen-bond acceptors (Lipinski definition) is 6. The highest BCUT2D eigenvalue weighted by molar-refractivity contribution is 7.09. The number of ether oxygens (including phenoxy) is 1. The Kier molecular flexibility index (Phi) is 5.53. The van der Waals surface area contributed by atoms with Crippen LogP contribution in [0.5, 0.6) is 5.75 Å². The van der Waals surface area contributed by atoms with E-state index in [-0.39, 0.29) is 25.5 Å². The van der Waals surface area contributed by atoms with Gasteiger partial charge >= 0.3 is 17.8 Å². The number of aromatic nitrogens is 1. The van der Waals surface area contributed by atoms with Crippen molar-refractivity contribution in [1.82, 2.24) is 14.8 Å². The minimum Gasteiger partial charge on any atom is -0.486 e. The summed E-state index contributed by atoms with van der Waals surface area (Å²) >= 11 is 1.30. The molecule has 1 aromatic heterocycles. The molecule has 0 radical (unpaired) electrons. The van der Waals surface area contributed by atoms with Gasteiger partial charge in [0.05, 0.1) is 18.8 Å². The Hall–Kier alpha value is -3.59. The second kappa shape index (κ2) is 8.42. The molecule has 0 bridgehead atoms. The fourth-order valence-corrected chi connectivity index (χ4v) is 3.62. The molecule has 4 rings (SSSR count). The number of urea groups is 1. The molecule has 1 aliphatic rings. The summed E-state index contributed by atoms with van der Waals surface area (Å²) in [5.74, 6) is -1.57. The molecule has 0 unspecified atom stereocenters. The van der Waals surface area contributed by atoms with Crippen LogP contribution in [-0.4, -0.2) is 32.6 Å². The van der Waals surface area contributed by atoms with Gasteiger partial charge < -0.3 is 4.74 Å². The summed E-state index contributed by atoms with van der Waals surface area (Å²) in [6.07, 6.45) is 0. The number of amides is 4. The number of benzene rings is 2. The van der Waals surface area contributed by atoms with Gasteiger partial charge in [-0.15, -0.1) is 11.3 Å². The molecule has 3 aromatic rings. The summed E-state index contributed by atoms with van der Waals surface area (Å²) in [5.41, 5.74) is 1.23. The van der Waals surface area contributed by atoms with Gasteiger partial charge in [-0.25, -0.2) is 19.1 Å². The molecule has 152 valence electrons. The lowest BCUT2D eigenvalue weighted by molar-refractivity contribution is -0.143. The second-order valence-electron chi connectivity index (χ2n) is 6.53. The first-order valence-electron chi connectivity index (χ1n) is 9.04. The molecule has 30 heavy (non-hydrogen) atoms. The van der Waals surface area contributed by atoms with E-state index in [4.69, 9.17) is 4.74 Å². The van der Waals surface area contributed by atoms with Gasteiger partial charge in [0.1, 0.15) is 23.2 Å². The van der Waals surface area contributed by atoms with Crippen molar-refractivity contribution < 1.29 is 23.5 Å². The van der Waals surface area contributed by atoms with E-state index in [1.807, 2.05) is 6.07 Å². The van der Waals surface area contributed by atoms with Crippen molar-refractivity contribution in [3.63, 3.8) is 0 Å². The van der Waals surface area contributed by atoms with Crippen LogP contribution in [-0.2, 0) is 29.3 Å². The van der Waals surface area contributed by atoms with Crippen LogP contribution in [0.15, 0.2) is 60.0 Å². The molecular weight excluding hydrogens is 409 g/mol. The predicted molar refractivity (Wildman–Crippen MR) is 106 cm³/mol. The SMILES string of the molecule is O=C1C(=O)N(Cc2csc(COc3ccc(F)cc3)n2)C(=O)N1Cc1ccccc1. The first-order chi connectivity index (χ1) is 14.5. The minimum absolute atomic E-state index is 0.0363. The molecule has 0 aliphatic carbocycles. The Morgan fingerprint density at radius 2 is 1.57 bits per heavy atom. The highest BCUT2D eigenvalue weighted by Crippen LogP contribution is 2.21. The molecule has 1 saturated heterocycles. The number of imide groups is 2. The fraction of sp³-hybridized carbons (Fsp3) is 0.143. The van der Waals surface area contributed by atoms with Crippen molar-refractivity contribution in [2.45, 2.75) is 19.7 Å². The Morgan fingerprint density at radius 3 is 2.27 bits per heavy atom. The number of thiazole rings is 1. The van der Waals surface area contributed by atoms with E-state index in [0.29, 0.717) is 16.5 Å². The highest BCUT2D eigenvalue weighted by atomic mass is 32.1. The summed E-state index contributed by atoms with van der Waals surface area (Å²) in [6, 6.07) is 13.9. The quantitative estimate of drug-likeness (QED) is 0.428. The predicted octanol–water partition coefficient (Wildman–Crippen LogP) is 3.35. The lowest BCUT2D eigenvalue weighted by Crippen LogP contribution is -2.32. The van der Waals surface area contributed by atoms with Crippen LogP contribution in [0.4, 0.5) is 9.18 Å². The molecule has 0 N–H and O–H groups in total. The molecule has 2 aromatic carbocycles. The molecule has 1 fully saturated rings. The number of hydrogen-bond donors (Lipinski definition) is 0. The average molecular weight is 425 g/mol. The monoisotopic (exact) mass is 425 g/mol. The van der Waals surface area contributed by atoms with Crippen LogP contribution in [0.2, 0.25) is 0 Å². The summed E-state index contributed by atoms with van der Waals surface area (Å²) < 4.78 is 18.5. The Balaban J connectivity index is 1.39. The lowest BCUT2D eigenvalue weighted by atomic mass is 10.2. The molecule has 4 amide bonds. The Morgan fingerprint density at radius 1 is 0.900 bits per heavy atom. The highest BCUT2D eigenvalue weighted by Gasteiger charge is 2.44. The van der Waals surface area contributed by atoms with Gasteiger partial charge in [-0.05, 0) is 29.8 Å². The van der Waals surface area contributed by atoms with Crippen LogP contribution < -0.4 is 4.74 Å². The van der Waals surface area contributed by atoms with Crippen LogP contribution in [0.3, 0.4) is 0 Å². The molecule has 7 nitrogen and oxygen atoms in total. The van der Waals surface area contributed by atoms with Crippen molar-refractivity contribution in [2.24, 2.45) is 0 Å². The minimum atomic E-state index is -0.868. The largest absolute Gasteiger partial charge is 0.486 e. The zero-order valence-electron chi connectivity index (χ0n) is 15.7. The van der Waals surface area contributed by atoms with E-state index in [1.165, 1.54) is 35.6 Å². The van der Waals surface area contributed by atoms with E-state index < -0.39 is 17.8 Å². The first-order valence-corrected chi connectivity index (χ1v) is 9.92. The number of rotatable bonds is 7. The van der Waals surface area contributed by atoms with E-state index in [1.54, 1.807) is 29.6 Å². The lowest BCUT2D eigenvalue weighted by Gasteiger charge is -2.14. The number of carbonyl (C=O) groups is 3. The number of nitrogens with zero attached hydrogens (tertiary/aromatic N) is 3. The fourth-order valence-electron chi connectivity index (χ4n) is 2.92. The average Bonchev–Trinajstić information content (AvgIpc) is 3.29. The summed E-state index contributed by atoms with van der Waals surface area (Å²) in [5, 5.41) is 2.33. The van der Waals surface area contributed by atoms with E-state index in [2.05, 4.69) is 4.98 Å². The standard InChI is InChI=1S/C21H16FN3O4S/c22-15-6-8-17(9-7-15)29-12-18-23-16(13-30-18)11-25-20(27)19(26)24(21(25)28)10-14-4-2-1-3-5-14/h1-9,13H,10-12H2. The van der Waals surface area contributed by atoms with Gasteiger partial charge in [-0.2, -0.15) is 0 Å². The maximum atomic E-state index is 12.9. The maximum Gasteiger partial charge on any atom is 0.334 e. The second-order valence-corrected chi connectivity index (χ2v) is 7.47. The third-order valence-corrected chi connectivity index (χ3v) is 5.29. The molecule has 0 spiro atoms. The van der Waals surface area contributed by atoms with Crippen LogP contribution >= 0.6 is 11.3 Å². The summed E-state index contributed by atoms with van der Waals surface area (Å²) in [7, 11) is 0. The van der Waals surface area contributed by atoms with Crippen molar-refractivity contribution in [1.29, 1.82) is 0 Å². The molecule has 1 aliphatic heterocycles. The van der Waals surface area contributed by atoms with Crippen molar-refractivity contribution in [2.75, 3.05) is 0 Å². The number of carbonyl (C=O) groups excluding carboxylic acids is 3. The molecule has 0 atom stereocenters. The zero-order chi connectivity index (χ0) is 21.1. The van der Waals surface area contributed by atoms with Crippen molar-refractivity contribution in [3.05, 3.63) is 82.1 Å². The van der Waals surface area contributed by atoms with Gasteiger partial charge in [-0.1, -0.05) is 30.3 Å². The van der Waals surface area contributed by atoms with Crippen LogP contribution in [0.25, 0.3) is 0 Å². The van der Waals surface area contributed by atoms with Crippen molar-refractivity contribution >= 4 is 29.2 Å². The van der Waals surface area contributed by atoms with E-state index in [9.17, 15) is 18.8 Å². The Labute approximate surface area is 175 Å². The third-order valence-electron chi connectivity index (χ3n) is 4.41. The number of halogens is 1. The van der Waals surface area contributed by atoms with Crippen LogP contribution in [0, 0.1) is 5.82 Å². The van der Waals surface area contributed by atoms with Gasteiger partial charge in [0.2, 0.25) is 0 Å². The van der Waals surface area contributed by atoms with E-state index in [0.717, 1.165) is 15.4 Å². The van der Waals surface area contributed by atoms with Gasteiger partial charge in [0.15, 0.2) is 0 Å². The van der Waals surface area contributed by atoms with Crippen molar-refractivity contribution in [3.8, 4) is 5.75 Å².